The minimum absolute atomic E-state index is 0.0972. The number of hydroxylamine groups is 2. The Kier molecular flexibility index (Phi) is 5.67. The minimum atomic E-state index is -4.06. The molecule has 156 valence electrons. The van der Waals surface area contributed by atoms with Gasteiger partial charge in [0.15, 0.2) is 0 Å². The molecule has 10 nitrogen and oxygen atoms in total. The molecule has 3 rings (SSSR count). The summed E-state index contributed by atoms with van der Waals surface area (Å²) in [5.74, 6) is -1.08. The first kappa shape index (κ1) is 21.1. The Morgan fingerprint density at radius 3 is 2.50 bits per heavy atom. The minimum Gasteiger partial charge on any atom is -0.368 e. The second-order valence-corrected chi connectivity index (χ2v) is 8.14. The van der Waals surface area contributed by atoms with Gasteiger partial charge in [-0.3, -0.25) is 10.2 Å². The van der Waals surface area contributed by atoms with E-state index in [1.165, 1.54) is 6.07 Å². The smallest absolute Gasteiger partial charge is 0.286 e. The van der Waals surface area contributed by atoms with E-state index >= 15 is 0 Å². The Morgan fingerprint density at radius 2 is 1.90 bits per heavy atom. The van der Waals surface area contributed by atoms with Gasteiger partial charge < -0.3 is 10.3 Å². The molecular formula is C19H19N5O5S. The van der Waals surface area contributed by atoms with Gasteiger partial charge >= 0.3 is 0 Å². The van der Waals surface area contributed by atoms with Gasteiger partial charge in [-0.15, -0.1) is 9.35 Å². The molecule has 0 unspecified atom stereocenters. The zero-order chi connectivity index (χ0) is 22.1. The molecule has 3 aromatic rings. The van der Waals surface area contributed by atoms with Crippen LogP contribution >= 0.6 is 0 Å². The third kappa shape index (κ3) is 4.70. The second-order valence-electron chi connectivity index (χ2n) is 6.59. The highest BCUT2D eigenvalue weighted by Gasteiger charge is 2.25. The van der Waals surface area contributed by atoms with Crippen LogP contribution in [0.2, 0.25) is 0 Å². The lowest BCUT2D eigenvalue weighted by Crippen LogP contribution is -2.42. The molecule has 0 fully saturated rings. The van der Waals surface area contributed by atoms with Crippen LogP contribution in [0.4, 0.5) is 0 Å². The van der Waals surface area contributed by atoms with Crippen LogP contribution in [-0.2, 0) is 14.4 Å². The van der Waals surface area contributed by atoms with E-state index in [9.17, 15) is 13.2 Å². The summed E-state index contributed by atoms with van der Waals surface area (Å²) >= 11 is 0. The number of hydrogen-bond donors (Lipinski definition) is 2. The maximum absolute atomic E-state index is 12.6. The number of guanidine groups is 1. The van der Waals surface area contributed by atoms with Crippen molar-refractivity contribution in [3.05, 3.63) is 59.2 Å². The van der Waals surface area contributed by atoms with Crippen LogP contribution in [-0.4, -0.2) is 41.7 Å². The molecule has 0 saturated heterocycles. The summed E-state index contributed by atoms with van der Waals surface area (Å²) in [6.07, 6.45) is 0.744. The van der Waals surface area contributed by atoms with Gasteiger partial charge in [0.25, 0.3) is 21.9 Å². The first-order valence-corrected chi connectivity index (χ1v) is 10.5. The molecule has 1 heterocycles. The van der Waals surface area contributed by atoms with Gasteiger partial charge in [0.05, 0.1) is 6.26 Å². The second kappa shape index (κ2) is 8.05. The normalized spacial score (nSPS) is 11.3. The van der Waals surface area contributed by atoms with E-state index in [1.807, 2.05) is 31.2 Å². The van der Waals surface area contributed by atoms with Crippen molar-refractivity contribution in [3.8, 4) is 22.8 Å². The maximum Gasteiger partial charge on any atom is 0.286 e. The molecule has 0 atom stereocenters. The SMILES string of the molecule is Cc1cccc(-c2nc(-c3ccc(C(=O)N(OS(C)(=O)=O)C(=N)N)c(C)c3)no2)c1. The van der Waals surface area contributed by atoms with Crippen molar-refractivity contribution in [1.29, 1.82) is 5.41 Å². The lowest BCUT2D eigenvalue weighted by molar-refractivity contribution is 0.0200. The van der Waals surface area contributed by atoms with Gasteiger partial charge in [-0.1, -0.05) is 28.9 Å². The standard InChI is InChI=1S/C19H19N5O5S/c1-11-5-4-6-14(9-11)17-22-16(23-28-17)13-7-8-15(12(2)10-13)18(25)24(19(20)21)29-30(3,26)27/h4-10H,1-3H3,(H3,20,21). The molecule has 0 radical (unpaired) electrons. The molecule has 3 N–H and O–H groups in total. The highest BCUT2D eigenvalue weighted by Crippen LogP contribution is 2.25. The Balaban J connectivity index is 1.90. The fraction of sp³-hybridized carbons (Fsp3) is 0.158. The molecule has 0 spiro atoms. The molecule has 1 amide bonds. The number of nitrogens with zero attached hydrogens (tertiary/aromatic N) is 3. The van der Waals surface area contributed by atoms with Crippen molar-refractivity contribution in [3.63, 3.8) is 0 Å². The van der Waals surface area contributed by atoms with Crippen LogP contribution in [0.1, 0.15) is 21.5 Å². The first-order valence-electron chi connectivity index (χ1n) is 8.65. The zero-order valence-electron chi connectivity index (χ0n) is 16.4. The van der Waals surface area contributed by atoms with Gasteiger partial charge in [-0.05, 0) is 43.7 Å². The van der Waals surface area contributed by atoms with E-state index in [1.54, 1.807) is 19.1 Å². The monoisotopic (exact) mass is 429 g/mol. The largest absolute Gasteiger partial charge is 0.368 e. The number of nitrogens with one attached hydrogen (secondary N) is 1. The number of aromatic nitrogens is 2. The quantitative estimate of drug-likeness (QED) is 0.356. The lowest BCUT2D eigenvalue weighted by atomic mass is 10.0. The Morgan fingerprint density at radius 1 is 1.17 bits per heavy atom. The molecular weight excluding hydrogens is 410 g/mol. The number of nitrogens with two attached hydrogens (primary N) is 1. The molecule has 11 heteroatoms. The van der Waals surface area contributed by atoms with Crippen LogP contribution in [0, 0.1) is 19.3 Å². The van der Waals surface area contributed by atoms with Gasteiger partial charge in [-0.25, -0.2) is 0 Å². The van der Waals surface area contributed by atoms with E-state index in [2.05, 4.69) is 14.4 Å². The van der Waals surface area contributed by atoms with Crippen LogP contribution in [0.25, 0.3) is 22.8 Å². The molecule has 0 aliphatic heterocycles. The fourth-order valence-electron chi connectivity index (χ4n) is 2.71. The summed E-state index contributed by atoms with van der Waals surface area (Å²) in [6, 6.07) is 12.3. The number of amides is 1. The van der Waals surface area contributed by atoms with Crippen LogP contribution in [0.5, 0.6) is 0 Å². The van der Waals surface area contributed by atoms with Crippen molar-refractivity contribution in [2.75, 3.05) is 6.26 Å². The number of carbonyl (C=O) groups is 1. The Hall–Kier alpha value is -3.57. The van der Waals surface area contributed by atoms with Gasteiger partial charge in [0.1, 0.15) is 0 Å². The third-order valence-corrected chi connectivity index (χ3v) is 4.44. The molecule has 30 heavy (non-hydrogen) atoms. The number of aryl methyl sites for hydroxylation is 2. The van der Waals surface area contributed by atoms with Crippen molar-refractivity contribution in [1.82, 2.24) is 15.2 Å². The van der Waals surface area contributed by atoms with Crippen LogP contribution in [0.3, 0.4) is 0 Å². The van der Waals surface area contributed by atoms with Crippen LogP contribution in [0.15, 0.2) is 47.0 Å². The predicted molar refractivity (Wildman–Crippen MR) is 109 cm³/mol. The van der Waals surface area contributed by atoms with Crippen molar-refractivity contribution >= 4 is 22.0 Å². The zero-order valence-corrected chi connectivity index (χ0v) is 17.2. The van der Waals surface area contributed by atoms with Gasteiger partial charge in [0.2, 0.25) is 11.8 Å². The molecule has 0 bridgehead atoms. The Bertz CT molecular complexity index is 1240. The topological polar surface area (TPSA) is 152 Å². The predicted octanol–water partition coefficient (Wildman–Crippen LogP) is 2.25. The first-order chi connectivity index (χ1) is 14.0. The van der Waals surface area contributed by atoms with E-state index in [0.717, 1.165) is 17.4 Å². The average molecular weight is 429 g/mol. The highest BCUT2D eigenvalue weighted by atomic mass is 32.2. The molecule has 0 aliphatic carbocycles. The number of benzene rings is 2. The number of carbonyl (C=O) groups excluding carboxylic acids is 1. The van der Waals surface area contributed by atoms with E-state index < -0.39 is 22.0 Å². The third-order valence-electron chi connectivity index (χ3n) is 4.02. The van der Waals surface area contributed by atoms with E-state index in [4.69, 9.17) is 15.7 Å². The fourth-order valence-corrected chi connectivity index (χ4v) is 3.13. The average Bonchev–Trinajstić information content (AvgIpc) is 3.15. The van der Waals surface area contributed by atoms with E-state index in [-0.39, 0.29) is 10.6 Å². The maximum atomic E-state index is 12.6. The Labute approximate surface area is 172 Å². The molecule has 1 aromatic heterocycles. The van der Waals surface area contributed by atoms with Crippen molar-refractivity contribution in [2.24, 2.45) is 5.73 Å². The van der Waals surface area contributed by atoms with Gasteiger partial charge in [-0.2, -0.15) is 13.4 Å². The molecule has 2 aromatic carbocycles. The number of hydrogen-bond acceptors (Lipinski definition) is 8. The summed E-state index contributed by atoms with van der Waals surface area (Å²) in [7, 11) is -4.06. The summed E-state index contributed by atoms with van der Waals surface area (Å²) in [4.78, 5) is 17.0. The van der Waals surface area contributed by atoms with Crippen LogP contribution < -0.4 is 5.73 Å². The van der Waals surface area contributed by atoms with Gasteiger partial charge in [0, 0.05) is 16.7 Å². The van der Waals surface area contributed by atoms with Crippen molar-refractivity contribution in [2.45, 2.75) is 13.8 Å². The summed E-state index contributed by atoms with van der Waals surface area (Å²) in [5.41, 5.74) is 8.29. The van der Waals surface area contributed by atoms with E-state index in [0.29, 0.717) is 22.8 Å². The molecule has 0 saturated carbocycles. The number of rotatable bonds is 5. The highest BCUT2D eigenvalue weighted by molar-refractivity contribution is 7.85. The lowest BCUT2D eigenvalue weighted by Gasteiger charge is -2.18. The van der Waals surface area contributed by atoms with Crippen molar-refractivity contribution < 1.29 is 22.0 Å². The molecule has 0 aliphatic rings. The summed E-state index contributed by atoms with van der Waals surface area (Å²) in [6.45, 7) is 3.59. The summed E-state index contributed by atoms with van der Waals surface area (Å²) in [5, 5.41) is 11.6. The summed E-state index contributed by atoms with van der Waals surface area (Å²) < 4.78 is 32.6.